The number of carbonyl (C=O) groups excluding carboxylic acids is 1. The van der Waals surface area contributed by atoms with Crippen molar-refractivity contribution in [2.24, 2.45) is 0 Å². The van der Waals surface area contributed by atoms with Crippen LogP contribution < -0.4 is 15.8 Å². The van der Waals surface area contributed by atoms with E-state index in [0.29, 0.717) is 22.3 Å². The molecule has 0 saturated heterocycles. The van der Waals surface area contributed by atoms with Gasteiger partial charge in [0.05, 0.1) is 16.6 Å². The first-order valence-corrected chi connectivity index (χ1v) is 6.83. The van der Waals surface area contributed by atoms with Gasteiger partial charge in [-0.1, -0.05) is 23.7 Å². The van der Waals surface area contributed by atoms with E-state index in [1.54, 1.807) is 24.3 Å². The number of para-hydroxylation sites is 2. The van der Waals surface area contributed by atoms with Gasteiger partial charge in [-0.05, 0) is 24.3 Å². The van der Waals surface area contributed by atoms with Gasteiger partial charge in [0.2, 0.25) is 0 Å². The molecule has 2 aromatic rings. The van der Waals surface area contributed by atoms with Crippen molar-refractivity contribution in [3.63, 3.8) is 0 Å². The van der Waals surface area contributed by atoms with Crippen molar-refractivity contribution in [2.75, 3.05) is 12.3 Å². The Labute approximate surface area is 120 Å². The Morgan fingerprint density at radius 2 is 2.11 bits per heavy atom. The molecule has 0 unspecified atom stereocenters. The predicted molar refractivity (Wildman–Crippen MR) is 77.5 cm³/mol. The van der Waals surface area contributed by atoms with Gasteiger partial charge in [0, 0.05) is 4.88 Å². The number of amides is 1. The highest BCUT2D eigenvalue weighted by molar-refractivity contribution is 7.16. The van der Waals surface area contributed by atoms with E-state index < -0.39 is 0 Å². The van der Waals surface area contributed by atoms with E-state index >= 15 is 0 Å². The second-order valence-electron chi connectivity index (χ2n) is 3.81. The third-order valence-corrected chi connectivity index (χ3v) is 3.60. The zero-order valence-corrected chi connectivity index (χ0v) is 11.6. The number of ether oxygens (including phenoxy) is 1. The van der Waals surface area contributed by atoms with E-state index in [2.05, 4.69) is 5.32 Å². The molecule has 0 aliphatic carbocycles. The molecule has 4 nitrogen and oxygen atoms in total. The Morgan fingerprint density at radius 3 is 2.79 bits per heavy atom. The number of nitrogen functional groups attached to an aromatic ring is 1. The number of carbonyl (C=O) groups is 1. The molecule has 1 amide bonds. The largest absolute Gasteiger partial charge is 0.482 e. The van der Waals surface area contributed by atoms with Crippen LogP contribution in [0.25, 0.3) is 0 Å². The number of rotatable bonds is 5. The summed E-state index contributed by atoms with van der Waals surface area (Å²) in [5.41, 5.74) is 6.22. The summed E-state index contributed by atoms with van der Waals surface area (Å²) in [7, 11) is 0. The molecular weight excluding hydrogens is 284 g/mol. The van der Waals surface area contributed by atoms with E-state index in [1.165, 1.54) is 11.3 Å². The maximum atomic E-state index is 11.6. The van der Waals surface area contributed by atoms with Gasteiger partial charge >= 0.3 is 0 Å². The summed E-state index contributed by atoms with van der Waals surface area (Å²) in [4.78, 5) is 12.6. The van der Waals surface area contributed by atoms with Gasteiger partial charge in [0.15, 0.2) is 6.61 Å². The number of nitrogens with two attached hydrogens (primary N) is 1. The van der Waals surface area contributed by atoms with E-state index in [0.717, 1.165) is 4.88 Å². The SMILES string of the molecule is Nc1ccccc1OCC(=O)NCc1ccc(Cl)s1. The number of nitrogens with one attached hydrogen (secondary N) is 1. The third-order valence-electron chi connectivity index (χ3n) is 2.37. The number of thiophene rings is 1. The average Bonchev–Trinajstić information content (AvgIpc) is 2.81. The normalized spacial score (nSPS) is 10.2. The lowest BCUT2D eigenvalue weighted by Gasteiger charge is -2.08. The molecule has 0 spiro atoms. The van der Waals surface area contributed by atoms with Gasteiger partial charge in [-0.25, -0.2) is 0 Å². The van der Waals surface area contributed by atoms with Crippen LogP contribution in [0.5, 0.6) is 5.75 Å². The van der Waals surface area contributed by atoms with Gasteiger partial charge in [0.25, 0.3) is 5.91 Å². The van der Waals surface area contributed by atoms with Crippen molar-refractivity contribution >= 4 is 34.5 Å². The van der Waals surface area contributed by atoms with Crippen LogP contribution in [0, 0.1) is 0 Å². The Balaban J connectivity index is 1.77. The van der Waals surface area contributed by atoms with Gasteiger partial charge in [-0.3, -0.25) is 4.79 Å². The van der Waals surface area contributed by atoms with Crippen LogP contribution in [-0.2, 0) is 11.3 Å². The zero-order chi connectivity index (χ0) is 13.7. The fourth-order valence-electron chi connectivity index (χ4n) is 1.44. The van der Waals surface area contributed by atoms with Gasteiger partial charge in [-0.2, -0.15) is 0 Å². The molecular formula is C13H13ClN2O2S. The molecule has 2 rings (SSSR count). The van der Waals surface area contributed by atoms with Crippen molar-refractivity contribution in [1.29, 1.82) is 0 Å². The summed E-state index contributed by atoms with van der Waals surface area (Å²) in [5.74, 6) is 0.310. The maximum absolute atomic E-state index is 11.6. The van der Waals surface area contributed by atoms with Crippen LogP contribution in [0.15, 0.2) is 36.4 Å². The van der Waals surface area contributed by atoms with Crippen LogP contribution in [-0.4, -0.2) is 12.5 Å². The van der Waals surface area contributed by atoms with Crippen molar-refractivity contribution in [3.8, 4) is 5.75 Å². The van der Waals surface area contributed by atoms with E-state index in [1.807, 2.05) is 12.1 Å². The lowest BCUT2D eigenvalue weighted by Crippen LogP contribution is -2.28. The van der Waals surface area contributed by atoms with Gasteiger partial charge in [0.1, 0.15) is 5.75 Å². The number of hydrogen-bond acceptors (Lipinski definition) is 4. The summed E-state index contributed by atoms with van der Waals surface area (Å²) < 4.78 is 6.04. The Kier molecular flexibility index (Phi) is 4.65. The van der Waals surface area contributed by atoms with Gasteiger partial charge < -0.3 is 15.8 Å². The first-order chi connectivity index (χ1) is 9.15. The molecule has 1 aromatic heterocycles. The first-order valence-electron chi connectivity index (χ1n) is 5.63. The Bertz CT molecular complexity index is 571. The van der Waals surface area contributed by atoms with Crippen LogP contribution in [0.1, 0.15) is 4.88 Å². The lowest BCUT2D eigenvalue weighted by atomic mass is 10.3. The quantitative estimate of drug-likeness (QED) is 0.834. The minimum absolute atomic E-state index is 0.0622. The van der Waals surface area contributed by atoms with E-state index in [9.17, 15) is 4.79 Å². The zero-order valence-electron chi connectivity index (χ0n) is 10.1. The fourth-order valence-corrected chi connectivity index (χ4v) is 2.47. The highest BCUT2D eigenvalue weighted by Gasteiger charge is 2.05. The number of halogens is 1. The molecule has 19 heavy (non-hydrogen) atoms. The van der Waals surface area contributed by atoms with Crippen LogP contribution in [0.3, 0.4) is 0 Å². The summed E-state index contributed by atoms with van der Waals surface area (Å²) in [6.45, 7) is 0.386. The van der Waals surface area contributed by atoms with Gasteiger partial charge in [-0.15, -0.1) is 11.3 Å². The number of anilines is 1. The first kappa shape index (κ1) is 13.7. The Hall–Kier alpha value is -1.72. The predicted octanol–water partition coefficient (Wildman–Crippen LogP) is 2.68. The molecule has 0 radical (unpaired) electrons. The van der Waals surface area contributed by atoms with Crippen LogP contribution in [0.2, 0.25) is 4.34 Å². The molecule has 3 N–H and O–H groups in total. The minimum Gasteiger partial charge on any atom is -0.482 e. The molecule has 1 heterocycles. The molecule has 0 atom stereocenters. The minimum atomic E-state index is -0.201. The molecule has 0 aliphatic heterocycles. The second-order valence-corrected chi connectivity index (χ2v) is 5.61. The number of hydrogen-bond donors (Lipinski definition) is 2. The van der Waals surface area contributed by atoms with E-state index in [4.69, 9.17) is 22.1 Å². The maximum Gasteiger partial charge on any atom is 0.258 e. The molecule has 6 heteroatoms. The van der Waals surface area contributed by atoms with Crippen molar-refractivity contribution in [1.82, 2.24) is 5.32 Å². The third kappa shape index (κ3) is 4.15. The van der Waals surface area contributed by atoms with Crippen molar-refractivity contribution < 1.29 is 9.53 Å². The monoisotopic (exact) mass is 296 g/mol. The molecule has 1 aromatic carbocycles. The highest BCUT2D eigenvalue weighted by atomic mass is 35.5. The molecule has 0 aliphatic rings. The molecule has 0 fully saturated rings. The molecule has 100 valence electrons. The Morgan fingerprint density at radius 1 is 1.32 bits per heavy atom. The molecule has 0 bridgehead atoms. The summed E-state index contributed by atoms with van der Waals surface area (Å²) >= 11 is 7.24. The molecule has 0 saturated carbocycles. The van der Waals surface area contributed by atoms with E-state index in [-0.39, 0.29) is 12.5 Å². The fraction of sp³-hybridized carbons (Fsp3) is 0.154. The van der Waals surface area contributed by atoms with Crippen LogP contribution >= 0.6 is 22.9 Å². The highest BCUT2D eigenvalue weighted by Crippen LogP contribution is 2.21. The van der Waals surface area contributed by atoms with Crippen molar-refractivity contribution in [3.05, 3.63) is 45.6 Å². The smallest absolute Gasteiger partial charge is 0.258 e. The number of benzene rings is 1. The lowest BCUT2D eigenvalue weighted by molar-refractivity contribution is -0.123. The summed E-state index contributed by atoms with van der Waals surface area (Å²) in [6, 6.07) is 10.7. The standard InChI is InChI=1S/C13H13ClN2O2S/c14-12-6-5-9(19-12)7-16-13(17)8-18-11-4-2-1-3-10(11)15/h1-6H,7-8,15H2,(H,16,17). The average molecular weight is 297 g/mol. The topological polar surface area (TPSA) is 64.3 Å². The van der Waals surface area contributed by atoms with Crippen molar-refractivity contribution in [2.45, 2.75) is 6.54 Å². The summed E-state index contributed by atoms with van der Waals surface area (Å²) in [5, 5.41) is 2.75. The van der Waals surface area contributed by atoms with Crippen LogP contribution in [0.4, 0.5) is 5.69 Å². The second kappa shape index (κ2) is 6.45. The summed E-state index contributed by atoms with van der Waals surface area (Å²) in [6.07, 6.45) is 0.